The minimum Gasteiger partial charge on any atom is -0.300 e. The highest BCUT2D eigenvalue weighted by Gasteiger charge is 2.24. The summed E-state index contributed by atoms with van der Waals surface area (Å²) in [5, 5.41) is 0.107. The van der Waals surface area contributed by atoms with E-state index < -0.39 is 5.82 Å². The van der Waals surface area contributed by atoms with Crippen LogP contribution in [0, 0.1) is 5.82 Å². The Morgan fingerprint density at radius 3 is 2.88 bits per heavy atom. The van der Waals surface area contributed by atoms with E-state index >= 15 is 0 Å². The molecular formula is C12H11BrClFO. The molecule has 0 heterocycles. The van der Waals surface area contributed by atoms with Crippen LogP contribution in [0.2, 0.25) is 5.02 Å². The molecule has 1 aliphatic rings. The van der Waals surface area contributed by atoms with E-state index in [0.29, 0.717) is 22.9 Å². The van der Waals surface area contributed by atoms with Gasteiger partial charge in [0.2, 0.25) is 0 Å². The molecule has 0 saturated heterocycles. The summed E-state index contributed by atoms with van der Waals surface area (Å²) in [6.07, 6.45) is 2.77. The summed E-state index contributed by atoms with van der Waals surface area (Å²) in [4.78, 5) is 11.3. The smallest absolute Gasteiger partial charge is 0.146 e. The van der Waals surface area contributed by atoms with Crippen molar-refractivity contribution in [2.45, 2.75) is 31.6 Å². The average molecular weight is 306 g/mol. The summed E-state index contributed by atoms with van der Waals surface area (Å²) in [5.41, 5.74) is 0.571. The lowest BCUT2D eigenvalue weighted by molar-refractivity contribution is -0.120. The van der Waals surface area contributed by atoms with Gasteiger partial charge in [-0.15, -0.1) is 0 Å². The lowest BCUT2D eigenvalue weighted by Crippen LogP contribution is -2.14. The van der Waals surface area contributed by atoms with Crippen molar-refractivity contribution in [3.8, 4) is 0 Å². The van der Waals surface area contributed by atoms with Crippen LogP contribution in [0.4, 0.5) is 4.39 Å². The Morgan fingerprint density at radius 1 is 1.44 bits per heavy atom. The van der Waals surface area contributed by atoms with Crippen molar-refractivity contribution in [3.63, 3.8) is 0 Å². The standard InChI is InChI=1S/C12H11BrClFO/c13-10-5-4-9(12(15)11(10)14)7-2-1-3-8(16)6-7/h4-5,7H,1-3,6H2. The number of hydrogen-bond donors (Lipinski definition) is 0. The maximum Gasteiger partial charge on any atom is 0.146 e. The van der Waals surface area contributed by atoms with Gasteiger partial charge >= 0.3 is 0 Å². The highest BCUT2D eigenvalue weighted by atomic mass is 79.9. The summed E-state index contributed by atoms with van der Waals surface area (Å²) in [7, 11) is 0. The Labute approximate surface area is 107 Å². The Hall–Kier alpha value is -0.410. The zero-order chi connectivity index (χ0) is 11.7. The minimum atomic E-state index is -0.393. The zero-order valence-electron chi connectivity index (χ0n) is 8.60. The second-order valence-electron chi connectivity index (χ2n) is 4.10. The van der Waals surface area contributed by atoms with E-state index in [0.717, 1.165) is 12.8 Å². The zero-order valence-corrected chi connectivity index (χ0v) is 10.9. The molecule has 1 saturated carbocycles. The molecule has 0 amide bonds. The van der Waals surface area contributed by atoms with Gasteiger partial charge in [-0.3, -0.25) is 4.79 Å². The first-order chi connectivity index (χ1) is 7.59. The largest absolute Gasteiger partial charge is 0.300 e. The van der Waals surface area contributed by atoms with Crippen molar-refractivity contribution >= 4 is 33.3 Å². The molecule has 1 nitrogen and oxygen atoms in total. The Kier molecular flexibility index (Phi) is 3.65. The van der Waals surface area contributed by atoms with Crippen molar-refractivity contribution in [1.82, 2.24) is 0 Å². The van der Waals surface area contributed by atoms with E-state index in [-0.39, 0.29) is 16.7 Å². The van der Waals surface area contributed by atoms with Gasteiger partial charge < -0.3 is 0 Å². The Balaban J connectivity index is 2.33. The quantitative estimate of drug-likeness (QED) is 0.700. The van der Waals surface area contributed by atoms with Crippen LogP contribution in [0.1, 0.15) is 37.2 Å². The molecule has 0 bridgehead atoms. The van der Waals surface area contributed by atoms with E-state index in [1.165, 1.54) is 0 Å². The lowest BCUT2D eigenvalue weighted by Gasteiger charge is -2.22. The molecule has 16 heavy (non-hydrogen) atoms. The minimum absolute atomic E-state index is 0.00755. The molecule has 0 spiro atoms. The van der Waals surface area contributed by atoms with E-state index in [2.05, 4.69) is 15.9 Å². The van der Waals surface area contributed by atoms with Gasteiger partial charge in [0.1, 0.15) is 11.6 Å². The maximum absolute atomic E-state index is 13.9. The van der Waals surface area contributed by atoms with Crippen molar-refractivity contribution < 1.29 is 9.18 Å². The van der Waals surface area contributed by atoms with Gasteiger partial charge in [0.15, 0.2) is 0 Å². The van der Waals surface area contributed by atoms with Gasteiger partial charge in [0, 0.05) is 17.3 Å². The van der Waals surface area contributed by atoms with Crippen LogP contribution in [0.3, 0.4) is 0 Å². The summed E-state index contributed by atoms with van der Waals surface area (Å²) in [6.45, 7) is 0. The van der Waals surface area contributed by atoms with Crippen molar-refractivity contribution in [1.29, 1.82) is 0 Å². The molecule has 4 heteroatoms. The van der Waals surface area contributed by atoms with Gasteiger partial charge in [0.05, 0.1) is 5.02 Å². The van der Waals surface area contributed by atoms with Crippen molar-refractivity contribution in [2.75, 3.05) is 0 Å². The third-order valence-electron chi connectivity index (χ3n) is 2.99. The van der Waals surface area contributed by atoms with E-state index in [1.807, 2.05) is 0 Å². The van der Waals surface area contributed by atoms with Gasteiger partial charge in [-0.25, -0.2) is 4.39 Å². The summed E-state index contributed by atoms with van der Waals surface area (Å²) in [5.74, 6) is -0.183. The molecule has 86 valence electrons. The van der Waals surface area contributed by atoms with Crippen LogP contribution in [0.25, 0.3) is 0 Å². The fraction of sp³-hybridized carbons (Fsp3) is 0.417. The number of ketones is 1. The highest BCUT2D eigenvalue weighted by Crippen LogP contribution is 2.36. The molecule has 1 unspecified atom stereocenters. The van der Waals surface area contributed by atoms with E-state index in [1.54, 1.807) is 12.1 Å². The number of rotatable bonds is 1. The molecule has 0 N–H and O–H groups in total. The molecule has 0 aliphatic heterocycles. The first kappa shape index (κ1) is 12.1. The predicted molar refractivity (Wildman–Crippen MR) is 65.3 cm³/mol. The van der Waals surface area contributed by atoms with Crippen LogP contribution in [0.5, 0.6) is 0 Å². The number of hydrogen-bond acceptors (Lipinski definition) is 1. The third kappa shape index (κ3) is 2.30. The lowest BCUT2D eigenvalue weighted by atomic mass is 9.83. The average Bonchev–Trinajstić information content (AvgIpc) is 2.26. The molecule has 0 aromatic heterocycles. The monoisotopic (exact) mass is 304 g/mol. The number of carbonyl (C=O) groups excluding carboxylic acids is 1. The van der Waals surface area contributed by atoms with Gasteiger partial charge in [0.25, 0.3) is 0 Å². The number of carbonyl (C=O) groups is 1. The third-order valence-corrected chi connectivity index (χ3v) is 4.25. The van der Waals surface area contributed by atoms with Crippen molar-refractivity contribution in [2.24, 2.45) is 0 Å². The molecule has 1 fully saturated rings. The first-order valence-corrected chi connectivity index (χ1v) is 6.41. The topological polar surface area (TPSA) is 17.1 Å². The van der Waals surface area contributed by atoms with Gasteiger partial charge in [-0.05, 0) is 46.3 Å². The molecule has 2 rings (SSSR count). The summed E-state index contributed by atoms with van der Waals surface area (Å²) in [6, 6.07) is 3.45. The van der Waals surface area contributed by atoms with Crippen LogP contribution in [-0.2, 0) is 4.79 Å². The first-order valence-electron chi connectivity index (χ1n) is 5.24. The molecule has 1 aromatic carbocycles. The van der Waals surface area contributed by atoms with Crippen LogP contribution in [-0.4, -0.2) is 5.78 Å². The second kappa shape index (κ2) is 4.84. The Morgan fingerprint density at radius 2 is 2.19 bits per heavy atom. The molecule has 1 aliphatic carbocycles. The summed E-state index contributed by atoms with van der Waals surface area (Å²) >= 11 is 9.01. The molecule has 1 aromatic rings. The SMILES string of the molecule is O=C1CCCC(c2ccc(Br)c(Cl)c2F)C1. The van der Waals surface area contributed by atoms with Crippen molar-refractivity contribution in [3.05, 3.63) is 33.0 Å². The molecule has 0 radical (unpaired) electrons. The fourth-order valence-electron chi connectivity index (χ4n) is 2.15. The number of halogens is 3. The predicted octanol–water partition coefficient (Wildman–Crippen LogP) is 4.47. The number of Topliss-reactive ketones (excluding diaryl/α,β-unsaturated/α-hetero) is 1. The van der Waals surface area contributed by atoms with Crippen LogP contribution >= 0.6 is 27.5 Å². The van der Waals surface area contributed by atoms with Crippen LogP contribution in [0.15, 0.2) is 16.6 Å². The van der Waals surface area contributed by atoms with Gasteiger partial charge in [-0.2, -0.15) is 0 Å². The molecule has 1 atom stereocenters. The van der Waals surface area contributed by atoms with Gasteiger partial charge in [-0.1, -0.05) is 17.7 Å². The Bertz CT molecular complexity index is 433. The van der Waals surface area contributed by atoms with E-state index in [9.17, 15) is 9.18 Å². The molecular weight excluding hydrogens is 294 g/mol. The number of benzene rings is 1. The summed E-state index contributed by atoms with van der Waals surface area (Å²) < 4.78 is 14.5. The maximum atomic E-state index is 13.9. The highest BCUT2D eigenvalue weighted by molar-refractivity contribution is 9.10. The second-order valence-corrected chi connectivity index (χ2v) is 5.33. The normalized spacial score (nSPS) is 21.2. The van der Waals surface area contributed by atoms with E-state index in [4.69, 9.17) is 11.6 Å². The van der Waals surface area contributed by atoms with Crippen LogP contribution < -0.4 is 0 Å². The fourth-order valence-corrected chi connectivity index (χ4v) is 2.62.